The highest BCUT2D eigenvalue weighted by Gasteiger charge is 2.26. The monoisotopic (exact) mass is 185 g/mol. The van der Waals surface area contributed by atoms with Crippen molar-refractivity contribution in [1.82, 2.24) is 4.90 Å². The Balaban J connectivity index is 2.33. The molecule has 0 aliphatic carbocycles. The fourth-order valence-corrected chi connectivity index (χ4v) is 1.40. The van der Waals surface area contributed by atoms with E-state index in [0.717, 1.165) is 13.0 Å². The summed E-state index contributed by atoms with van der Waals surface area (Å²) >= 11 is 0. The van der Waals surface area contributed by atoms with Gasteiger partial charge < -0.3 is 9.64 Å². The van der Waals surface area contributed by atoms with E-state index in [1.165, 1.54) is 0 Å². The van der Waals surface area contributed by atoms with Gasteiger partial charge >= 0.3 is 11.9 Å². The van der Waals surface area contributed by atoms with Crippen LogP contribution in [0.4, 0.5) is 0 Å². The molecule has 1 rings (SSSR count). The van der Waals surface area contributed by atoms with Crippen LogP contribution in [0.1, 0.15) is 19.3 Å². The first-order chi connectivity index (χ1) is 6.08. The first kappa shape index (κ1) is 10.2. The second kappa shape index (κ2) is 4.37. The third kappa shape index (κ3) is 3.55. The molecule has 1 saturated heterocycles. The topological polar surface area (TPSA) is 46.6 Å². The molecule has 0 aromatic carbocycles. The number of hydrogen-bond acceptors (Lipinski definition) is 4. The van der Waals surface area contributed by atoms with Crippen molar-refractivity contribution in [2.45, 2.75) is 19.3 Å². The van der Waals surface area contributed by atoms with Gasteiger partial charge in [-0.05, 0) is 33.0 Å². The lowest BCUT2D eigenvalue weighted by Crippen LogP contribution is -2.27. The maximum atomic E-state index is 10.9. The summed E-state index contributed by atoms with van der Waals surface area (Å²) < 4.78 is 4.43. The largest absolute Gasteiger partial charge is 0.393 e. The number of carbonyl (C=O) groups is 2. The maximum Gasteiger partial charge on any atom is 0.313 e. The van der Waals surface area contributed by atoms with E-state index >= 15 is 0 Å². The van der Waals surface area contributed by atoms with Crippen molar-refractivity contribution >= 4 is 11.9 Å². The number of carbonyl (C=O) groups excluding carboxylic acids is 2. The molecule has 0 atom stereocenters. The third-order valence-corrected chi connectivity index (χ3v) is 2.12. The molecule has 0 saturated carbocycles. The average Bonchev–Trinajstić information content (AvgIpc) is 1.99. The quantitative estimate of drug-likeness (QED) is 0.472. The summed E-state index contributed by atoms with van der Waals surface area (Å²) in [6.07, 6.45) is 1.66. The molecule has 0 spiro atoms. The van der Waals surface area contributed by atoms with Crippen LogP contribution in [0.25, 0.3) is 0 Å². The van der Waals surface area contributed by atoms with Gasteiger partial charge in [-0.25, -0.2) is 0 Å². The smallest absolute Gasteiger partial charge is 0.313 e. The van der Waals surface area contributed by atoms with E-state index in [-0.39, 0.29) is 17.9 Å². The van der Waals surface area contributed by atoms with E-state index in [1.807, 2.05) is 19.0 Å². The summed E-state index contributed by atoms with van der Waals surface area (Å²) in [6, 6.07) is 0. The van der Waals surface area contributed by atoms with Crippen LogP contribution in [0.2, 0.25) is 0 Å². The van der Waals surface area contributed by atoms with Crippen LogP contribution >= 0.6 is 0 Å². The van der Waals surface area contributed by atoms with Crippen LogP contribution in [0, 0.1) is 5.92 Å². The van der Waals surface area contributed by atoms with E-state index in [1.54, 1.807) is 0 Å². The van der Waals surface area contributed by atoms with Gasteiger partial charge in [0.25, 0.3) is 0 Å². The van der Waals surface area contributed by atoms with E-state index in [9.17, 15) is 9.59 Å². The molecule has 0 unspecified atom stereocenters. The Morgan fingerprint density at radius 2 is 1.85 bits per heavy atom. The number of hydrogen-bond donors (Lipinski definition) is 0. The number of ether oxygens (including phenoxy) is 1. The predicted octanol–water partition coefficient (Wildman–Crippen LogP) is 0.418. The Bertz CT molecular complexity index is 197. The third-order valence-electron chi connectivity index (χ3n) is 2.12. The standard InChI is InChI=1S/C9H15NO3/c1-10(2)4-3-7-5-8(11)13-9(12)6-7/h7H,3-6H2,1-2H3. The van der Waals surface area contributed by atoms with Crippen LogP contribution < -0.4 is 0 Å². The molecule has 0 radical (unpaired) electrons. The van der Waals surface area contributed by atoms with Crippen LogP contribution in [0.3, 0.4) is 0 Å². The minimum atomic E-state index is -0.375. The molecule has 1 fully saturated rings. The number of cyclic esters (lactones) is 2. The number of nitrogens with zero attached hydrogens (tertiary/aromatic N) is 1. The van der Waals surface area contributed by atoms with Crippen molar-refractivity contribution in [1.29, 1.82) is 0 Å². The average molecular weight is 185 g/mol. The number of rotatable bonds is 3. The minimum absolute atomic E-state index is 0.177. The van der Waals surface area contributed by atoms with E-state index in [4.69, 9.17) is 0 Å². The van der Waals surface area contributed by atoms with Gasteiger partial charge in [0.15, 0.2) is 0 Å². The van der Waals surface area contributed by atoms with E-state index in [0.29, 0.717) is 12.8 Å². The minimum Gasteiger partial charge on any atom is -0.393 e. The molecule has 1 aliphatic rings. The van der Waals surface area contributed by atoms with Gasteiger partial charge in [-0.3, -0.25) is 9.59 Å². The highest BCUT2D eigenvalue weighted by atomic mass is 16.6. The molecular weight excluding hydrogens is 170 g/mol. The normalized spacial score (nSPS) is 19.3. The van der Waals surface area contributed by atoms with Crippen molar-refractivity contribution in [3.05, 3.63) is 0 Å². The Hall–Kier alpha value is -0.900. The lowest BCUT2D eigenvalue weighted by Gasteiger charge is -2.21. The highest BCUT2D eigenvalue weighted by molar-refractivity contribution is 5.88. The Morgan fingerprint density at radius 3 is 2.31 bits per heavy atom. The second-order valence-electron chi connectivity index (χ2n) is 3.71. The summed E-state index contributed by atoms with van der Waals surface area (Å²) in [5.74, 6) is -0.573. The molecule has 74 valence electrons. The molecule has 4 heteroatoms. The predicted molar refractivity (Wildman–Crippen MR) is 47.0 cm³/mol. The van der Waals surface area contributed by atoms with Crippen LogP contribution in [-0.2, 0) is 14.3 Å². The molecular formula is C9H15NO3. The highest BCUT2D eigenvalue weighted by Crippen LogP contribution is 2.20. The zero-order valence-electron chi connectivity index (χ0n) is 8.08. The maximum absolute atomic E-state index is 10.9. The van der Waals surface area contributed by atoms with Gasteiger partial charge in [0.05, 0.1) is 0 Å². The summed E-state index contributed by atoms with van der Waals surface area (Å²) in [5.41, 5.74) is 0. The first-order valence-corrected chi connectivity index (χ1v) is 4.46. The molecule has 1 heterocycles. The molecule has 0 N–H and O–H groups in total. The van der Waals surface area contributed by atoms with Crippen LogP contribution in [-0.4, -0.2) is 37.5 Å². The SMILES string of the molecule is CN(C)CCC1CC(=O)OC(=O)C1. The van der Waals surface area contributed by atoms with Gasteiger partial charge in [0.1, 0.15) is 0 Å². The molecule has 0 amide bonds. The zero-order chi connectivity index (χ0) is 9.84. The fourth-order valence-electron chi connectivity index (χ4n) is 1.40. The molecule has 4 nitrogen and oxygen atoms in total. The van der Waals surface area contributed by atoms with Crippen LogP contribution in [0.15, 0.2) is 0 Å². The fraction of sp³-hybridized carbons (Fsp3) is 0.778. The summed E-state index contributed by atoms with van der Waals surface area (Å²) in [6.45, 7) is 0.908. The second-order valence-corrected chi connectivity index (χ2v) is 3.71. The van der Waals surface area contributed by atoms with E-state index < -0.39 is 0 Å². The van der Waals surface area contributed by atoms with Crippen molar-refractivity contribution < 1.29 is 14.3 Å². The van der Waals surface area contributed by atoms with Crippen molar-refractivity contribution in [3.8, 4) is 0 Å². The van der Waals surface area contributed by atoms with Gasteiger partial charge in [-0.15, -0.1) is 0 Å². The van der Waals surface area contributed by atoms with Gasteiger partial charge in [0.2, 0.25) is 0 Å². The summed E-state index contributed by atoms with van der Waals surface area (Å²) in [5, 5.41) is 0. The molecule has 0 aromatic rings. The summed E-state index contributed by atoms with van der Waals surface area (Å²) in [4.78, 5) is 23.8. The zero-order valence-corrected chi connectivity index (χ0v) is 8.08. The van der Waals surface area contributed by atoms with E-state index in [2.05, 4.69) is 4.74 Å². The Morgan fingerprint density at radius 1 is 1.31 bits per heavy atom. The van der Waals surface area contributed by atoms with Crippen LogP contribution in [0.5, 0.6) is 0 Å². The van der Waals surface area contributed by atoms with Gasteiger partial charge in [-0.2, -0.15) is 0 Å². The lowest BCUT2D eigenvalue weighted by molar-refractivity contribution is -0.165. The summed E-state index contributed by atoms with van der Waals surface area (Å²) in [7, 11) is 3.95. The van der Waals surface area contributed by atoms with Gasteiger partial charge in [0, 0.05) is 12.8 Å². The van der Waals surface area contributed by atoms with Crippen molar-refractivity contribution in [2.75, 3.05) is 20.6 Å². The molecule has 0 bridgehead atoms. The first-order valence-electron chi connectivity index (χ1n) is 4.46. The van der Waals surface area contributed by atoms with Crippen molar-refractivity contribution in [2.24, 2.45) is 5.92 Å². The number of esters is 2. The lowest BCUT2D eigenvalue weighted by atomic mass is 9.96. The molecule has 0 aromatic heterocycles. The Kier molecular flexibility index (Phi) is 3.42. The Labute approximate surface area is 77.8 Å². The molecule has 1 aliphatic heterocycles. The molecule has 13 heavy (non-hydrogen) atoms. The van der Waals surface area contributed by atoms with Gasteiger partial charge in [-0.1, -0.05) is 0 Å². The van der Waals surface area contributed by atoms with Crippen molar-refractivity contribution in [3.63, 3.8) is 0 Å².